The summed E-state index contributed by atoms with van der Waals surface area (Å²) in [7, 11) is 0. The first-order valence-electron chi connectivity index (χ1n) is 14.1. The maximum atomic E-state index is 14.9. The van der Waals surface area contributed by atoms with E-state index in [0.717, 1.165) is 18.6 Å². The Morgan fingerprint density at radius 3 is 2.51 bits per heavy atom. The van der Waals surface area contributed by atoms with Crippen LogP contribution in [0.3, 0.4) is 0 Å². The van der Waals surface area contributed by atoms with Crippen molar-refractivity contribution in [1.82, 2.24) is 19.8 Å². The Bertz CT molecular complexity index is 1630. The highest BCUT2D eigenvalue weighted by molar-refractivity contribution is 7.99. The zero-order chi connectivity index (χ0) is 31.2. The molecule has 0 bridgehead atoms. The molecule has 0 spiro atoms. The van der Waals surface area contributed by atoms with Gasteiger partial charge in [-0.2, -0.15) is 18.2 Å². The van der Waals surface area contributed by atoms with Crippen molar-refractivity contribution in [3.63, 3.8) is 0 Å². The summed E-state index contributed by atoms with van der Waals surface area (Å²) < 4.78 is 60.2. The molecule has 1 aromatic heterocycles. The number of halogens is 5. The largest absolute Gasteiger partial charge is 0.417 e. The van der Waals surface area contributed by atoms with Gasteiger partial charge in [-0.3, -0.25) is 9.36 Å². The fourth-order valence-electron chi connectivity index (χ4n) is 6.07. The Morgan fingerprint density at radius 1 is 1.21 bits per heavy atom. The van der Waals surface area contributed by atoms with Crippen molar-refractivity contribution in [2.75, 3.05) is 30.3 Å². The number of carbonyl (C=O) groups excluding carboxylic acids is 1. The SMILES string of the molecule is C=CC(=O)N1[C@H](C)CN(c2nc(=O)n3c4c(c(-c5ccc(F)c(Cl)c5)c(C(F)(F)F)cc24)SCC(NCCC)C3)C[C@@H]1C. The van der Waals surface area contributed by atoms with E-state index in [1.165, 1.54) is 34.5 Å². The lowest BCUT2D eigenvalue weighted by molar-refractivity contribution is -0.137. The van der Waals surface area contributed by atoms with Crippen LogP contribution < -0.4 is 15.9 Å². The van der Waals surface area contributed by atoms with Gasteiger partial charge in [0.2, 0.25) is 5.91 Å². The summed E-state index contributed by atoms with van der Waals surface area (Å²) in [5.74, 6) is -0.463. The standard InChI is InChI=1S/C30H32ClF4N5O2S/c1-5-9-36-19-14-39-26-20(28(37-29(39)42)38-12-16(3)40(17(4)13-38)24(41)6-2)11-21(30(33,34)35)25(27(26)43-15-19)18-7-8-23(32)22(31)10-18/h6-8,10-11,16-17,19,36H,2,5,9,12-15H2,1,3-4H3/t16-,17+,19?. The summed E-state index contributed by atoms with van der Waals surface area (Å²) in [5, 5.41) is 3.27. The smallest absolute Gasteiger partial charge is 0.352 e. The lowest BCUT2D eigenvalue weighted by Gasteiger charge is -2.44. The summed E-state index contributed by atoms with van der Waals surface area (Å²) in [6.45, 7) is 10.7. The fourth-order valence-corrected chi connectivity index (χ4v) is 7.57. The summed E-state index contributed by atoms with van der Waals surface area (Å²) in [5.41, 5.74) is -1.23. The van der Waals surface area contributed by atoms with Gasteiger partial charge in [0.1, 0.15) is 11.6 Å². The molecule has 7 nitrogen and oxygen atoms in total. The summed E-state index contributed by atoms with van der Waals surface area (Å²) in [6, 6.07) is 3.70. The molecule has 1 saturated heterocycles. The minimum Gasteiger partial charge on any atom is -0.352 e. The van der Waals surface area contributed by atoms with Gasteiger partial charge in [0.25, 0.3) is 0 Å². The molecule has 230 valence electrons. The highest BCUT2D eigenvalue weighted by Crippen LogP contribution is 2.48. The van der Waals surface area contributed by atoms with E-state index in [9.17, 15) is 27.2 Å². The average molecular weight is 638 g/mol. The molecule has 0 aliphatic carbocycles. The number of rotatable bonds is 6. The van der Waals surface area contributed by atoms with E-state index in [-0.39, 0.29) is 75.9 Å². The molecule has 2 aromatic carbocycles. The number of nitrogens with one attached hydrogen (secondary N) is 1. The van der Waals surface area contributed by atoms with Gasteiger partial charge in [-0.05, 0) is 56.7 Å². The van der Waals surface area contributed by atoms with Gasteiger partial charge in [0, 0.05) is 59.4 Å². The molecule has 2 aliphatic rings. The number of alkyl halides is 3. The molecule has 0 radical (unpaired) electrons. The predicted octanol–water partition coefficient (Wildman–Crippen LogP) is 5.96. The molecule has 2 aliphatic heterocycles. The van der Waals surface area contributed by atoms with Crippen LogP contribution in [0.25, 0.3) is 22.0 Å². The number of nitrogens with zero attached hydrogens (tertiary/aromatic N) is 4. The van der Waals surface area contributed by atoms with Gasteiger partial charge in [0.15, 0.2) is 0 Å². The van der Waals surface area contributed by atoms with Crippen molar-refractivity contribution < 1.29 is 22.4 Å². The number of hydrogen-bond donors (Lipinski definition) is 1. The van der Waals surface area contributed by atoms with Crippen molar-refractivity contribution in [2.45, 2.75) is 62.9 Å². The Kier molecular flexibility index (Phi) is 8.84. The maximum absolute atomic E-state index is 14.9. The normalized spacial score (nSPS) is 20.8. The second-order valence-electron chi connectivity index (χ2n) is 11.0. The predicted molar refractivity (Wildman–Crippen MR) is 162 cm³/mol. The van der Waals surface area contributed by atoms with E-state index in [1.807, 2.05) is 20.8 Å². The quantitative estimate of drug-likeness (QED) is 0.266. The Labute approximate surface area is 255 Å². The number of thioether (sulfide) groups is 1. The highest BCUT2D eigenvalue weighted by atomic mass is 35.5. The molecule has 1 amide bonds. The molecule has 3 atom stereocenters. The number of anilines is 1. The van der Waals surface area contributed by atoms with Crippen LogP contribution in [-0.2, 0) is 17.5 Å². The van der Waals surface area contributed by atoms with Crippen LogP contribution in [0.1, 0.15) is 32.8 Å². The van der Waals surface area contributed by atoms with Crippen LogP contribution >= 0.6 is 23.4 Å². The molecule has 3 aromatic rings. The molecule has 43 heavy (non-hydrogen) atoms. The molecule has 1 unspecified atom stereocenters. The number of hydrogen-bond acceptors (Lipinski definition) is 6. The highest BCUT2D eigenvalue weighted by Gasteiger charge is 2.39. The first-order chi connectivity index (χ1) is 20.3. The van der Waals surface area contributed by atoms with Crippen LogP contribution in [0.5, 0.6) is 0 Å². The zero-order valence-electron chi connectivity index (χ0n) is 24.0. The minimum atomic E-state index is -4.79. The van der Waals surface area contributed by atoms with Gasteiger partial charge in [0.05, 0.1) is 16.1 Å². The van der Waals surface area contributed by atoms with Gasteiger partial charge < -0.3 is 15.1 Å². The topological polar surface area (TPSA) is 70.5 Å². The van der Waals surface area contributed by atoms with E-state index in [1.54, 1.807) is 9.80 Å². The Hall–Kier alpha value is -3.09. The molecule has 1 fully saturated rings. The summed E-state index contributed by atoms with van der Waals surface area (Å²) in [4.78, 5) is 34.3. The summed E-state index contributed by atoms with van der Waals surface area (Å²) in [6.07, 6.45) is -2.72. The van der Waals surface area contributed by atoms with Crippen molar-refractivity contribution >= 4 is 46.0 Å². The maximum Gasteiger partial charge on any atom is 0.417 e. The van der Waals surface area contributed by atoms with E-state index in [2.05, 4.69) is 16.9 Å². The molecular weight excluding hydrogens is 606 g/mol. The van der Waals surface area contributed by atoms with Gasteiger partial charge in [-0.25, -0.2) is 9.18 Å². The van der Waals surface area contributed by atoms with Gasteiger partial charge in [-0.1, -0.05) is 31.2 Å². The third-order valence-corrected chi connectivity index (χ3v) is 9.42. The Morgan fingerprint density at radius 2 is 1.91 bits per heavy atom. The van der Waals surface area contributed by atoms with Crippen LogP contribution in [0.2, 0.25) is 5.02 Å². The lowest BCUT2D eigenvalue weighted by Crippen LogP contribution is -2.58. The molecule has 1 N–H and O–H groups in total. The lowest BCUT2D eigenvalue weighted by atomic mass is 9.96. The Balaban J connectivity index is 1.80. The van der Waals surface area contributed by atoms with Crippen LogP contribution in [0.15, 0.2) is 46.6 Å². The number of piperazine rings is 1. The molecule has 0 saturated carbocycles. The molecule has 5 rings (SSSR count). The van der Waals surface area contributed by atoms with Crippen LogP contribution in [0, 0.1) is 5.82 Å². The number of aromatic nitrogens is 2. The number of benzene rings is 2. The van der Waals surface area contributed by atoms with Crippen LogP contribution in [0.4, 0.5) is 23.4 Å². The van der Waals surface area contributed by atoms with E-state index in [4.69, 9.17) is 11.6 Å². The first-order valence-corrected chi connectivity index (χ1v) is 15.4. The second kappa shape index (κ2) is 12.1. The third kappa shape index (κ3) is 5.88. The van der Waals surface area contributed by atoms with Crippen molar-refractivity contribution in [1.29, 1.82) is 0 Å². The van der Waals surface area contributed by atoms with Crippen molar-refractivity contribution in [3.8, 4) is 11.1 Å². The van der Waals surface area contributed by atoms with Gasteiger partial charge in [-0.15, -0.1) is 11.8 Å². The minimum absolute atomic E-state index is 0.0965. The van der Waals surface area contributed by atoms with Crippen molar-refractivity contribution in [2.24, 2.45) is 0 Å². The average Bonchev–Trinajstić information content (AvgIpc) is 3.14. The van der Waals surface area contributed by atoms with E-state index < -0.39 is 23.2 Å². The third-order valence-electron chi connectivity index (χ3n) is 7.87. The summed E-state index contributed by atoms with van der Waals surface area (Å²) >= 11 is 7.27. The molecular formula is C30H32ClF4N5O2S. The monoisotopic (exact) mass is 637 g/mol. The van der Waals surface area contributed by atoms with Crippen LogP contribution in [-0.4, -0.2) is 63.9 Å². The zero-order valence-corrected chi connectivity index (χ0v) is 25.5. The molecule has 3 heterocycles. The van der Waals surface area contributed by atoms with E-state index >= 15 is 0 Å². The number of carbonyl (C=O) groups is 1. The number of amides is 1. The van der Waals surface area contributed by atoms with E-state index in [0.29, 0.717) is 17.8 Å². The molecule has 13 heteroatoms. The second-order valence-corrected chi connectivity index (χ2v) is 12.4. The first kappa shape index (κ1) is 31.3. The van der Waals surface area contributed by atoms with Gasteiger partial charge >= 0.3 is 11.9 Å². The van der Waals surface area contributed by atoms with Crippen molar-refractivity contribution in [3.05, 3.63) is 63.8 Å². The fraction of sp³-hybridized carbons (Fsp3) is 0.433.